The van der Waals surface area contributed by atoms with Gasteiger partial charge in [0.2, 0.25) is 0 Å². The van der Waals surface area contributed by atoms with E-state index >= 15 is 0 Å². The fraction of sp³-hybridized carbons (Fsp3) is 0.462. The first-order chi connectivity index (χ1) is 8.06. The van der Waals surface area contributed by atoms with Crippen LogP contribution in [0.3, 0.4) is 0 Å². The van der Waals surface area contributed by atoms with E-state index in [0.717, 1.165) is 18.2 Å². The molecule has 2 nitrogen and oxygen atoms in total. The third-order valence-electron chi connectivity index (χ3n) is 3.09. The molecule has 17 heavy (non-hydrogen) atoms. The van der Waals surface area contributed by atoms with Gasteiger partial charge in [0.15, 0.2) is 0 Å². The van der Waals surface area contributed by atoms with Crippen LogP contribution in [0, 0.1) is 0 Å². The van der Waals surface area contributed by atoms with Gasteiger partial charge in [0.25, 0.3) is 5.91 Å². The van der Waals surface area contributed by atoms with Crippen LogP contribution in [0.25, 0.3) is 0 Å². The molecule has 0 aromatic heterocycles. The number of hydrogen-bond acceptors (Lipinski definition) is 1. The third kappa shape index (κ3) is 3.71. The van der Waals surface area contributed by atoms with Gasteiger partial charge in [0, 0.05) is 21.5 Å². The van der Waals surface area contributed by atoms with Crippen molar-refractivity contribution >= 4 is 33.4 Å². The topological polar surface area (TPSA) is 29.1 Å². The van der Waals surface area contributed by atoms with Gasteiger partial charge in [0.05, 0.1) is 0 Å². The van der Waals surface area contributed by atoms with E-state index in [1.165, 1.54) is 0 Å². The summed E-state index contributed by atoms with van der Waals surface area (Å²) in [5.41, 5.74) is 0.470. The van der Waals surface area contributed by atoms with Crippen molar-refractivity contribution in [1.29, 1.82) is 0 Å². The molecule has 1 amide bonds. The third-order valence-corrected chi connectivity index (χ3v) is 4.42. The molecule has 1 aromatic carbocycles. The van der Waals surface area contributed by atoms with Gasteiger partial charge in [-0.25, -0.2) is 0 Å². The minimum Gasteiger partial charge on any atom is -0.346 e. The van der Waals surface area contributed by atoms with Crippen LogP contribution in [0.15, 0.2) is 24.3 Å². The molecule has 0 atom stereocenters. The van der Waals surface area contributed by atoms with Crippen molar-refractivity contribution in [3.63, 3.8) is 0 Å². The van der Waals surface area contributed by atoms with E-state index in [0.29, 0.717) is 10.6 Å². The van der Waals surface area contributed by atoms with Crippen molar-refractivity contribution in [3.05, 3.63) is 34.9 Å². The van der Waals surface area contributed by atoms with Gasteiger partial charge in [-0.15, -0.1) is 0 Å². The highest BCUT2D eigenvalue weighted by Crippen LogP contribution is 2.19. The average molecular weight is 319 g/mol. The Morgan fingerprint density at radius 1 is 1.29 bits per heavy atom. The summed E-state index contributed by atoms with van der Waals surface area (Å²) in [7, 11) is 0. The van der Waals surface area contributed by atoms with Gasteiger partial charge < -0.3 is 5.32 Å². The quantitative estimate of drug-likeness (QED) is 0.816. The van der Waals surface area contributed by atoms with Crippen LogP contribution in [0.1, 0.15) is 37.0 Å². The number of amides is 1. The van der Waals surface area contributed by atoms with Crippen LogP contribution in [0.2, 0.25) is 5.02 Å². The van der Waals surface area contributed by atoms with E-state index in [2.05, 4.69) is 35.1 Å². The van der Waals surface area contributed by atoms with Crippen molar-refractivity contribution in [2.24, 2.45) is 0 Å². The Morgan fingerprint density at radius 2 is 1.82 bits per heavy atom. The van der Waals surface area contributed by atoms with Crippen LogP contribution in [-0.2, 0) is 0 Å². The summed E-state index contributed by atoms with van der Waals surface area (Å²) in [4.78, 5) is 12.1. The first kappa shape index (κ1) is 14.5. The lowest BCUT2D eigenvalue weighted by Crippen LogP contribution is -2.49. The summed E-state index contributed by atoms with van der Waals surface area (Å²) in [6.07, 6.45) is 1.79. The Morgan fingerprint density at radius 3 is 2.24 bits per heavy atom. The maximum atomic E-state index is 12.1. The monoisotopic (exact) mass is 317 g/mol. The zero-order valence-electron chi connectivity index (χ0n) is 10.1. The summed E-state index contributed by atoms with van der Waals surface area (Å²) >= 11 is 9.26. The summed E-state index contributed by atoms with van der Waals surface area (Å²) in [6.45, 7) is 4.15. The van der Waals surface area contributed by atoms with Crippen molar-refractivity contribution in [2.75, 3.05) is 5.33 Å². The molecule has 4 heteroatoms. The van der Waals surface area contributed by atoms with Gasteiger partial charge in [-0.05, 0) is 37.1 Å². The molecule has 0 heterocycles. The molecule has 0 unspecified atom stereocenters. The second kappa shape index (κ2) is 6.41. The molecule has 94 valence electrons. The lowest BCUT2D eigenvalue weighted by molar-refractivity contribution is 0.0903. The molecule has 0 spiro atoms. The molecule has 0 aliphatic carbocycles. The Hall–Kier alpha value is -0.540. The second-order valence-electron chi connectivity index (χ2n) is 4.08. The predicted molar refractivity (Wildman–Crippen MR) is 76.0 cm³/mol. The maximum Gasteiger partial charge on any atom is 0.251 e. The van der Waals surface area contributed by atoms with Crippen LogP contribution in [0.4, 0.5) is 0 Å². The molecule has 0 aliphatic rings. The Kier molecular flexibility index (Phi) is 5.47. The molecule has 1 rings (SSSR count). The minimum absolute atomic E-state index is 0.0511. The van der Waals surface area contributed by atoms with Gasteiger partial charge in [-0.2, -0.15) is 0 Å². The number of benzene rings is 1. The van der Waals surface area contributed by atoms with Gasteiger partial charge >= 0.3 is 0 Å². The minimum atomic E-state index is -0.170. The van der Waals surface area contributed by atoms with Gasteiger partial charge in [-0.1, -0.05) is 41.4 Å². The summed E-state index contributed by atoms with van der Waals surface area (Å²) < 4.78 is 0. The maximum absolute atomic E-state index is 12.1. The van der Waals surface area contributed by atoms with Crippen molar-refractivity contribution in [3.8, 4) is 0 Å². The second-order valence-corrected chi connectivity index (χ2v) is 5.08. The van der Waals surface area contributed by atoms with Gasteiger partial charge in [-0.3, -0.25) is 4.79 Å². The molecule has 0 saturated carbocycles. The standard InChI is InChI=1S/C13H17BrClNO/c1-3-13(4-2,9-14)16-12(17)10-5-7-11(15)8-6-10/h5-8H,3-4,9H2,1-2H3,(H,16,17). The van der Waals surface area contributed by atoms with Crippen molar-refractivity contribution in [2.45, 2.75) is 32.2 Å². The van der Waals surface area contributed by atoms with Crippen LogP contribution >= 0.6 is 27.5 Å². The van der Waals surface area contributed by atoms with E-state index in [9.17, 15) is 4.79 Å². The number of hydrogen-bond donors (Lipinski definition) is 1. The van der Waals surface area contributed by atoms with E-state index in [1.807, 2.05) is 0 Å². The number of carbonyl (C=O) groups is 1. The van der Waals surface area contributed by atoms with Crippen LogP contribution in [-0.4, -0.2) is 16.8 Å². The molecule has 0 saturated heterocycles. The number of halogens is 2. The Bertz CT molecular complexity index is 365. The lowest BCUT2D eigenvalue weighted by Gasteiger charge is -2.30. The van der Waals surface area contributed by atoms with Crippen LogP contribution < -0.4 is 5.32 Å². The zero-order valence-corrected chi connectivity index (χ0v) is 12.4. The van der Waals surface area contributed by atoms with E-state index < -0.39 is 0 Å². The first-order valence-electron chi connectivity index (χ1n) is 5.71. The van der Waals surface area contributed by atoms with E-state index in [4.69, 9.17) is 11.6 Å². The Balaban J connectivity index is 2.81. The number of carbonyl (C=O) groups excluding carboxylic acids is 1. The fourth-order valence-electron chi connectivity index (χ4n) is 1.56. The normalized spacial score (nSPS) is 11.3. The molecule has 0 radical (unpaired) electrons. The average Bonchev–Trinajstić information content (AvgIpc) is 2.37. The number of rotatable bonds is 5. The lowest BCUT2D eigenvalue weighted by atomic mass is 9.95. The molecule has 0 bridgehead atoms. The summed E-state index contributed by atoms with van der Waals surface area (Å²) in [5.74, 6) is -0.0511. The molecular weight excluding hydrogens is 302 g/mol. The predicted octanol–water partition coefficient (Wildman–Crippen LogP) is 4.02. The highest BCUT2D eigenvalue weighted by molar-refractivity contribution is 9.09. The molecule has 0 fully saturated rings. The molecule has 0 aliphatic heterocycles. The largest absolute Gasteiger partial charge is 0.346 e. The number of alkyl halides is 1. The molecule has 1 aromatic rings. The summed E-state index contributed by atoms with van der Waals surface area (Å²) in [6, 6.07) is 6.93. The van der Waals surface area contributed by atoms with Crippen molar-refractivity contribution < 1.29 is 4.79 Å². The smallest absolute Gasteiger partial charge is 0.251 e. The highest BCUT2D eigenvalue weighted by atomic mass is 79.9. The summed E-state index contributed by atoms with van der Waals surface area (Å²) in [5, 5.41) is 4.48. The molecular formula is C13H17BrClNO. The van der Waals surface area contributed by atoms with Gasteiger partial charge in [0.1, 0.15) is 0 Å². The number of nitrogens with one attached hydrogen (secondary N) is 1. The van der Waals surface area contributed by atoms with Crippen LogP contribution in [0.5, 0.6) is 0 Å². The first-order valence-corrected chi connectivity index (χ1v) is 7.21. The fourth-order valence-corrected chi connectivity index (χ4v) is 2.62. The Labute approximate surface area is 116 Å². The van der Waals surface area contributed by atoms with E-state index in [1.54, 1.807) is 24.3 Å². The SMILES string of the molecule is CCC(CC)(CBr)NC(=O)c1ccc(Cl)cc1. The zero-order chi connectivity index (χ0) is 12.9. The van der Waals surface area contributed by atoms with Crippen molar-refractivity contribution in [1.82, 2.24) is 5.32 Å². The molecule has 1 N–H and O–H groups in total. The van der Waals surface area contributed by atoms with E-state index in [-0.39, 0.29) is 11.4 Å². The highest BCUT2D eigenvalue weighted by Gasteiger charge is 2.26.